The molecule has 0 atom stereocenters. The van der Waals surface area contributed by atoms with Crippen LogP contribution in [0, 0.1) is 0 Å². The van der Waals surface area contributed by atoms with E-state index in [-0.39, 0.29) is 5.56 Å². The average molecular weight is 230 g/mol. The van der Waals surface area contributed by atoms with Crippen molar-refractivity contribution in [3.63, 3.8) is 0 Å². The van der Waals surface area contributed by atoms with Crippen LogP contribution < -0.4 is 0 Å². The Morgan fingerprint density at radius 1 is 1.36 bits per heavy atom. The highest BCUT2D eigenvalue weighted by molar-refractivity contribution is 6.45. The van der Waals surface area contributed by atoms with Crippen LogP contribution in [-0.2, 0) is 0 Å². The van der Waals surface area contributed by atoms with Crippen LogP contribution in [0.5, 0.6) is 0 Å². The monoisotopic (exact) mass is 229 g/mol. The van der Waals surface area contributed by atoms with E-state index < -0.39 is 5.97 Å². The number of hydrogen-bond donors (Lipinski definition) is 2. The summed E-state index contributed by atoms with van der Waals surface area (Å²) in [4.78, 5) is 13.6. The van der Waals surface area contributed by atoms with Gasteiger partial charge in [-0.3, -0.25) is 0 Å². The summed E-state index contributed by atoms with van der Waals surface area (Å²) in [5.74, 6) is -0.991. The first-order chi connectivity index (χ1) is 6.61. The lowest BCUT2D eigenvalue weighted by Crippen LogP contribution is -1.93. The van der Waals surface area contributed by atoms with Gasteiger partial charge in [0.25, 0.3) is 0 Å². The topological polar surface area (TPSA) is 53.1 Å². The number of H-pyrrole nitrogens is 1. The van der Waals surface area contributed by atoms with Gasteiger partial charge in [0, 0.05) is 11.6 Å². The number of carboxylic acids is 1. The SMILES string of the molecule is O=C(O)c1c[nH]c2c(Cl)c(Cl)ccc12. The lowest BCUT2D eigenvalue weighted by atomic mass is 10.2. The van der Waals surface area contributed by atoms with Crippen LogP contribution in [0.3, 0.4) is 0 Å². The van der Waals surface area contributed by atoms with Gasteiger partial charge in [-0.15, -0.1) is 0 Å². The molecule has 2 N–H and O–H groups in total. The molecule has 14 heavy (non-hydrogen) atoms. The van der Waals surface area contributed by atoms with Crippen molar-refractivity contribution in [2.75, 3.05) is 0 Å². The molecule has 0 radical (unpaired) electrons. The zero-order chi connectivity index (χ0) is 10.3. The van der Waals surface area contributed by atoms with Crippen LogP contribution >= 0.6 is 23.2 Å². The molecule has 2 aromatic rings. The molecule has 0 bridgehead atoms. The van der Waals surface area contributed by atoms with Gasteiger partial charge < -0.3 is 10.1 Å². The van der Waals surface area contributed by atoms with E-state index in [4.69, 9.17) is 28.3 Å². The Bertz CT molecular complexity index is 519. The van der Waals surface area contributed by atoms with E-state index >= 15 is 0 Å². The third-order valence-corrected chi connectivity index (χ3v) is 2.78. The predicted octanol–water partition coefficient (Wildman–Crippen LogP) is 3.17. The zero-order valence-electron chi connectivity index (χ0n) is 6.84. The lowest BCUT2D eigenvalue weighted by Gasteiger charge is -1.97. The number of rotatable bonds is 1. The number of aromatic nitrogens is 1. The number of carboxylic acid groups (broad SMARTS) is 1. The Morgan fingerprint density at radius 3 is 2.71 bits per heavy atom. The van der Waals surface area contributed by atoms with Gasteiger partial charge >= 0.3 is 5.97 Å². The molecule has 1 aromatic heterocycles. The van der Waals surface area contributed by atoms with Gasteiger partial charge in [0.05, 0.1) is 21.1 Å². The third-order valence-electron chi connectivity index (χ3n) is 1.98. The number of nitrogens with one attached hydrogen (secondary N) is 1. The van der Waals surface area contributed by atoms with E-state index in [9.17, 15) is 4.79 Å². The Hall–Kier alpha value is -1.19. The molecule has 0 saturated carbocycles. The first-order valence-electron chi connectivity index (χ1n) is 3.79. The molecule has 5 heteroatoms. The van der Waals surface area contributed by atoms with Crippen LogP contribution in [-0.4, -0.2) is 16.1 Å². The maximum atomic E-state index is 10.8. The maximum absolute atomic E-state index is 10.8. The van der Waals surface area contributed by atoms with Crippen molar-refractivity contribution < 1.29 is 9.90 Å². The molecule has 0 amide bonds. The summed E-state index contributed by atoms with van der Waals surface area (Å²) in [6.07, 6.45) is 1.40. The molecule has 0 aliphatic heterocycles. The van der Waals surface area contributed by atoms with Crippen molar-refractivity contribution in [3.8, 4) is 0 Å². The minimum Gasteiger partial charge on any atom is -0.478 e. The van der Waals surface area contributed by atoms with Gasteiger partial charge in [-0.1, -0.05) is 29.3 Å². The van der Waals surface area contributed by atoms with E-state index in [0.717, 1.165) is 0 Å². The zero-order valence-corrected chi connectivity index (χ0v) is 8.36. The summed E-state index contributed by atoms with van der Waals surface area (Å²) < 4.78 is 0. The van der Waals surface area contributed by atoms with E-state index in [0.29, 0.717) is 20.9 Å². The van der Waals surface area contributed by atoms with E-state index in [1.165, 1.54) is 6.20 Å². The standard InChI is InChI=1S/C9H5Cl2NO2/c10-6-2-1-4-5(9(13)14)3-12-8(4)7(6)11/h1-3,12H,(H,13,14). The summed E-state index contributed by atoms with van der Waals surface area (Å²) in [5, 5.41) is 10.1. The van der Waals surface area contributed by atoms with Crippen LogP contribution in [0.15, 0.2) is 18.3 Å². The minimum atomic E-state index is -0.991. The highest BCUT2D eigenvalue weighted by Gasteiger charge is 2.13. The number of aromatic carboxylic acids is 1. The Morgan fingerprint density at radius 2 is 2.07 bits per heavy atom. The quantitative estimate of drug-likeness (QED) is 0.790. The van der Waals surface area contributed by atoms with Crippen LogP contribution in [0.1, 0.15) is 10.4 Å². The first kappa shape index (κ1) is 9.37. The second kappa shape index (κ2) is 3.19. The number of hydrogen-bond acceptors (Lipinski definition) is 1. The van der Waals surface area contributed by atoms with Crippen molar-refractivity contribution in [1.29, 1.82) is 0 Å². The van der Waals surface area contributed by atoms with Gasteiger partial charge in [-0.25, -0.2) is 4.79 Å². The third kappa shape index (κ3) is 1.25. The molecule has 0 unspecified atom stereocenters. The molecule has 2 rings (SSSR count). The van der Waals surface area contributed by atoms with Crippen molar-refractivity contribution >= 4 is 40.1 Å². The van der Waals surface area contributed by atoms with Crippen LogP contribution in [0.2, 0.25) is 10.0 Å². The van der Waals surface area contributed by atoms with Gasteiger partial charge in [-0.05, 0) is 6.07 Å². The largest absolute Gasteiger partial charge is 0.478 e. The first-order valence-corrected chi connectivity index (χ1v) is 4.55. The van der Waals surface area contributed by atoms with Crippen LogP contribution in [0.4, 0.5) is 0 Å². The van der Waals surface area contributed by atoms with Crippen molar-refractivity contribution in [2.45, 2.75) is 0 Å². The van der Waals surface area contributed by atoms with Gasteiger partial charge in [0.1, 0.15) is 0 Å². The van der Waals surface area contributed by atoms with Gasteiger partial charge in [0.2, 0.25) is 0 Å². The molecule has 72 valence electrons. The molecule has 1 aromatic carbocycles. The summed E-state index contributed by atoms with van der Waals surface area (Å²) >= 11 is 11.7. The van der Waals surface area contributed by atoms with E-state index in [2.05, 4.69) is 4.98 Å². The summed E-state index contributed by atoms with van der Waals surface area (Å²) in [6, 6.07) is 3.20. The summed E-state index contributed by atoms with van der Waals surface area (Å²) in [5.41, 5.74) is 0.745. The lowest BCUT2D eigenvalue weighted by molar-refractivity contribution is 0.0699. The van der Waals surface area contributed by atoms with Crippen molar-refractivity contribution in [1.82, 2.24) is 4.98 Å². The molecular formula is C9H5Cl2NO2. The highest BCUT2D eigenvalue weighted by atomic mass is 35.5. The Balaban J connectivity index is 2.83. The second-order valence-corrected chi connectivity index (χ2v) is 3.58. The molecule has 0 fully saturated rings. The summed E-state index contributed by atoms with van der Waals surface area (Å²) in [7, 11) is 0. The molecule has 0 saturated heterocycles. The van der Waals surface area contributed by atoms with Gasteiger partial charge in [-0.2, -0.15) is 0 Å². The average Bonchev–Trinajstić information content (AvgIpc) is 2.55. The molecule has 0 aliphatic rings. The fraction of sp³-hybridized carbons (Fsp3) is 0. The van der Waals surface area contributed by atoms with E-state index in [1.54, 1.807) is 12.1 Å². The Labute approximate surface area is 89.2 Å². The number of halogens is 2. The second-order valence-electron chi connectivity index (χ2n) is 2.79. The minimum absolute atomic E-state index is 0.193. The van der Waals surface area contributed by atoms with Crippen LogP contribution in [0.25, 0.3) is 10.9 Å². The Kier molecular flexibility index (Phi) is 2.13. The maximum Gasteiger partial charge on any atom is 0.337 e. The molecule has 0 spiro atoms. The normalized spacial score (nSPS) is 10.7. The molecule has 1 heterocycles. The van der Waals surface area contributed by atoms with Crippen molar-refractivity contribution in [3.05, 3.63) is 33.9 Å². The molecular weight excluding hydrogens is 225 g/mol. The molecule has 3 nitrogen and oxygen atoms in total. The number of carbonyl (C=O) groups is 1. The smallest absolute Gasteiger partial charge is 0.337 e. The summed E-state index contributed by atoms with van der Waals surface area (Å²) in [6.45, 7) is 0. The fourth-order valence-corrected chi connectivity index (χ4v) is 1.69. The van der Waals surface area contributed by atoms with Gasteiger partial charge in [0.15, 0.2) is 0 Å². The number of benzene rings is 1. The fourth-order valence-electron chi connectivity index (χ4n) is 1.32. The number of aromatic amines is 1. The van der Waals surface area contributed by atoms with Crippen molar-refractivity contribution in [2.24, 2.45) is 0 Å². The van der Waals surface area contributed by atoms with E-state index in [1.807, 2.05) is 0 Å². The predicted molar refractivity (Wildman–Crippen MR) is 55.3 cm³/mol. The number of fused-ring (bicyclic) bond motifs is 1. The highest BCUT2D eigenvalue weighted by Crippen LogP contribution is 2.31. The molecule has 0 aliphatic carbocycles.